The van der Waals surface area contributed by atoms with Crippen LogP contribution in [-0.4, -0.2) is 11.8 Å². The van der Waals surface area contributed by atoms with Gasteiger partial charge in [-0.15, -0.1) is 11.3 Å². The largest absolute Gasteiger partial charge is 0.466 e. The molecule has 0 bridgehead atoms. The molecule has 0 fully saturated rings. The van der Waals surface area contributed by atoms with Gasteiger partial charge in [-0.1, -0.05) is 6.07 Å². The molecule has 0 saturated carbocycles. The standard InChI is InChI=1S/C13H14N2O3S/c1-8-6-11(9(2)18-8)13(17)15-14-12(16)7-10-4-3-5-19-10/h3-6H,7H2,1-2H3,(H,14,16)(H,15,17). The summed E-state index contributed by atoms with van der Waals surface area (Å²) in [7, 11) is 0. The van der Waals surface area contributed by atoms with E-state index in [1.165, 1.54) is 11.3 Å². The molecule has 2 heterocycles. The molecule has 0 unspecified atom stereocenters. The molecule has 0 spiro atoms. The first-order valence-electron chi connectivity index (χ1n) is 5.75. The van der Waals surface area contributed by atoms with E-state index in [1.807, 2.05) is 17.5 Å². The molecule has 2 N–H and O–H groups in total. The van der Waals surface area contributed by atoms with Crippen LogP contribution in [0.25, 0.3) is 0 Å². The highest BCUT2D eigenvalue weighted by Gasteiger charge is 2.14. The van der Waals surface area contributed by atoms with Crippen LogP contribution in [0.5, 0.6) is 0 Å². The summed E-state index contributed by atoms with van der Waals surface area (Å²) in [5.41, 5.74) is 5.18. The Morgan fingerprint density at radius 3 is 2.68 bits per heavy atom. The summed E-state index contributed by atoms with van der Waals surface area (Å²) < 4.78 is 5.26. The van der Waals surface area contributed by atoms with E-state index in [0.29, 0.717) is 17.1 Å². The van der Waals surface area contributed by atoms with Crippen molar-refractivity contribution in [1.29, 1.82) is 0 Å². The highest BCUT2D eigenvalue weighted by Crippen LogP contribution is 2.13. The van der Waals surface area contributed by atoms with Gasteiger partial charge in [0.15, 0.2) is 0 Å². The minimum Gasteiger partial charge on any atom is -0.466 e. The molecule has 2 aromatic heterocycles. The molecule has 2 rings (SSSR count). The van der Waals surface area contributed by atoms with Crippen LogP contribution >= 0.6 is 11.3 Å². The van der Waals surface area contributed by atoms with E-state index in [-0.39, 0.29) is 18.2 Å². The Bertz CT molecular complexity index is 587. The molecule has 0 aromatic carbocycles. The zero-order valence-corrected chi connectivity index (χ0v) is 11.5. The van der Waals surface area contributed by atoms with Gasteiger partial charge >= 0.3 is 0 Å². The first-order chi connectivity index (χ1) is 9.06. The van der Waals surface area contributed by atoms with Gasteiger partial charge in [-0.05, 0) is 31.4 Å². The molecule has 19 heavy (non-hydrogen) atoms. The maximum atomic E-state index is 11.8. The van der Waals surface area contributed by atoms with Crippen molar-refractivity contribution in [2.75, 3.05) is 0 Å². The normalized spacial score (nSPS) is 10.2. The van der Waals surface area contributed by atoms with Crippen molar-refractivity contribution in [3.05, 3.63) is 45.5 Å². The van der Waals surface area contributed by atoms with Crippen LogP contribution in [0.4, 0.5) is 0 Å². The fourth-order valence-corrected chi connectivity index (χ4v) is 2.37. The quantitative estimate of drug-likeness (QED) is 0.843. The number of nitrogens with one attached hydrogen (secondary N) is 2. The monoisotopic (exact) mass is 278 g/mol. The van der Waals surface area contributed by atoms with Gasteiger partial charge in [-0.25, -0.2) is 0 Å². The molecule has 2 aromatic rings. The van der Waals surface area contributed by atoms with Crippen LogP contribution in [0, 0.1) is 13.8 Å². The van der Waals surface area contributed by atoms with Gasteiger partial charge < -0.3 is 4.42 Å². The van der Waals surface area contributed by atoms with Crippen molar-refractivity contribution in [2.45, 2.75) is 20.3 Å². The lowest BCUT2D eigenvalue weighted by atomic mass is 10.2. The number of hydrazine groups is 1. The van der Waals surface area contributed by atoms with Crippen molar-refractivity contribution >= 4 is 23.2 Å². The lowest BCUT2D eigenvalue weighted by Crippen LogP contribution is -2.42. The van der Waals surface area contributed by atoms with Gasteiger partial charge in [-0.2, -0.15) is 0 Å². The average Bonchev–Trinajstić information content (AvgIpc) is 2.96. The maximum absolute atomic E-state index is 11.8. The minimum atomic E-state index is -0.381. The van der Waals surface area contributed by atoms with Gasteiger partial charge in [0, 0.05) is 4.88 Å². The first-order valence-corrected chi connectivity index (χ1v) is 6.63. The van der Waals surface area contributed by atoms with E-state index < -0.39 is 0 Å². The van der Waals surface area contributed by atoms with E-state index in [4.69, 9.17) is 4.42 Å². The summed E-state index contributed by atoms with van der Waals surface area (Å²) in [5, 5.41) is 1.90. The SMILES string of the molecule is Cc1cc(C(=O)NNC(=O)Cc2cccs2)c(C)o1. The number of carbonyl (C=O) groups excluding carboxylic acids is 2. The van der Waals surface area contributed by atoms with Crippen molar-refractivity contribution < 1.29 is 14.0 Å². The molecule has 0 saturated heterocycles. The molecule has 2 amide bonds. The third-order valence-corrected chi connectivity index (χ3v) is 3.39. The van der Waals surface area contributed by atoms with E-state index >= 15 is 0 Å². The average molecular weight is 278 g/mol. The minimum absolute atomic E-state index is 0.251. The Balaban J connectivity index is 1.87. The fourth-order valence-electron chi connectivity index (χ4n) is 1.67. The second-order valence-electron chi connectivity index (χ2n) is 4.09. The second kappa shape index (κ2) is 5.71. The molecule has 5 nitrogen and oxygen atoms in total. The number of amides is 2. The number of furan rings is 1. The Morgan fingerprint density at radius 2 is 2.11 bits per heavy atom. The van der Waals surface area contributed by atoms with Crippen LogP contribution in [0.2, 0.25) is 0 Å². The summed E-state index contributed by atoms with van der Waals surface area (Å²) >= 11 is 1.50. The van der Waals surface area contributed by atoms with Gasteiger partial charge in [0.25, 0.3) is 5.91 Å². The fraction of sp³-hybridized carbons (Fsp3) is 0.231. The van der Waals surface area contributed by atoms with Crippen molar-refractivity contribution in [3.8, 4) is 0 Å². The lowest BCUT2D eigenvalue weighted by Gasteiger charge is -2.05. The maximum Gasteiger partial charge on any atom is 0.273 e. The molecule has 6 heteroatoms. The number of carbonyl (C=O) groups is 2. The van der Waals surface area contributed by atoms with E-state index in [2.05, 4.69) is 10.9 Å². The van der Waals surface area contributed by atoms with Crippen LogP contribution in [0.15, 0.2) is 28.0 Å². The summed E-state index contributed by atoms with van der Waals surface area (Å²) in [6.45, 7) is 3.47. The van der Waals surface area contributed by atoms with Gasteiger partial charge in [-0.3, -0.25) is 20.4 Å². The Hall–Kier alpha value is -2.08. The van der Waals surface area contributed by atoms with Gasteiger partial charge in [0.1, 0.15) is 11.5 Å². The van der Waals surface area contributed by atoms with E-state index in [1.54, 1.807) is 19.9 Å². The van der Waals surface area contributed by atoms with Gasteiger partial charge in [0.2, 0.25) is 5.91 Å². The number of hydrogen-bond acceptors (Lipinski definition) is 4. The molecular weight excluding hydrogens is 264 g/mol. The van der Waals surface area contributed by atoms with Crippen LogP contribution < -0.4 is 10.9 Å². The molecule has 0 atom stereocenters. The predicted molar refractivity (Wildman–Crippen MR) is 71.8 cm³/mol. The van der Waals surface area contributed by atoms with Crippen molar-refractivity contribution in [3.63, 3.8) is 0 Å². The number of rotatable bonds is 3. The second-order valence-corrected chi connectivity index (χ2v) is 5.12. The highest BCUT2D eigenvalue weighted by atomic mass is 32.1. The predicted octanol–water partition coefficient (Wildman–Crippen LogP) is 1.96. The van der Waals surface area contributed by atoms with Crippen molar-refractivity contribution in [2.24, 2.45) is 0 Å². The zero-order valence-electron chi connectivity index (χ0n) is 10.6. The summed E-state index contributed by atoms with van der Waals surface area (Å²) in [6.07, 6.45) is 0.251. The highest BCUT2D eigenvalue weighted by molar-refractivity contribution is 7.10. The summed E-state index contributed by atoms with van der Waals surface area (Å²) in [4.78, 5) is 24.3. The number of aryl methyl sites for hydroxylation is 2. The summed E-state index contributed by atoms with van der Waals surface area (Å²) in [6, 6.07) is 5.38. The third-order valence-electron chi connectivity index (χ3n) is 2.52. The Labute approximate surface area is 114 Å². The molecule has 0 radical (unpaired) electrons. The molecule has 0 aliphatic carbocycles. The van der Waals surface area contributed by atoms with Crippen LogP contribution in [0.3, 0.4) is 0 Å². The smallest absolute Gasteiger partial charge is 0.273 e. The van der Waals surface area contributed by atoms with E-state index in [9.17, 15) is 9.59 Å². The Morgan fingerprint density at radius 1 is 1.32 bits per heavy atom. The molecule has 100 valence electrons. The number of hydrogen-bond donors (Lipinski definition) is 2. The zero-order chi connectivity index (χ0) is 13.8. The lowest BCUT2D eigenvalue weighted by molar-refractivity contribution is -0.121. The topological polar surface area (TPSA) is 71.3 Å². The number of thiophene rings is 1. The van der Waals surface area contributed by atoms with Crippen molar-refractivity contribution in [1.82, 2.24) is 10.9 Å². The van der Waals surface area contributed by atoms with Gasteiger partial charge in [0.05, 0.1) is 12.0 Å². The first kappa shape index (κ1) is 13.4. The third kappa shape index (κ3) is 3.45. The van der Waals surface area contributed by atoms with Crippen LogP contribution in [-0.2, 0) is 11.2 Å². The summed E-state index contributed by atoms with van der Waals surface area (Å²) in [5.74, 6) is 0.553. The molecule has 0 aliphatic rings. The molecule has 0 aliphatic heterocycles. The Kier molecular flexibility index (Phi) is 4.01. The van der Waals surface area contributed by atoms with E-state index in [0.717, 1.165) is 4.88 Å². The van der Waals surface area contributed by atoms with Crippen LogP contribution in [0.1, 0.15) is 26.8 Å². The molecular formula is C13H14N2O3S.